The van der Waals surface area contributed by atoms with E-state index >= 15 is 0 Å². The van der Waals surface area contributed by atoms with Crippen molar-refractivity contribution in [2.45, 2.75) is 6.54 Å². The zero-order chi connectivity index (χ0) is 15.4. The van der Waals surface area contributed by atoms with E-state index in [0.29, 0.717) is 11.6 Å². The molecule has 0 aliphatic carbocycles. The lowest BCUT2D eigenvalue weighted by atomic mass is 10.2. The highest BCUT2D eigenvalue weighted by Gasteiger charge is 2.16. The van der Waals surface area contributed by atoms with E-state index in [1.54, 1.807) is 31.3 Å². The van der Waals surface area contributed by atoms with Crippen LogP contribution in [0.5, 0.6) is 0 Å². The van der Waals surface area contributed by atoms with Crippen LogP contribution in [0.1, 0.15) is 16.1 Å². The van der Waals surface area contributed by atoms with E-state index in [1.807, 2.05) is 0 Å². The Labute approximate surface area is 120 Å². The first-order chi connectivity index (χ1) is 9.99. The van der Waals surface area contributed by atoms with E-state index in [4.69, 9.17) is 0 Å². The van der Waals surface area contributed by atoms with Gasteiger partial charge in [0.05, 0.1) is 12.2 Å². The Morgan fingerprint density at radius 2 is 1.90 bits per heavy atom. The fourth-order valence-electron chi connectivity index (χ4n) is 1.67. The van der Waals surface area contributed by atoms with Gasteiger partial charge in [-0.2, -0.15) is 0 Å². The maximum absolute atomic E-state index is 13.5. The van der Waals surface area contributed by atoms with Crippen LogP contribution in [0.25, 0.3) is 0 Å². The summed E-state index contributed by atoms with van der Waals surface area (Å²) in [5, 5.41) is 2.44. The van der Waals surface area contributed by atoms with Gasteiger partial charge in [-0.15, -0.1) is 0 Å². The number of carbonyl (C=O) groups excluding carboxylic acids is 1. The number of benzene rings is 1. The van der Waals surface area contributed by atoms with E-state index in [0.717, 1.165) is 12.1 Å². The van der Waals surface area contributed by atoms with Crippen LogP contribution in [0, 0.1) is 11.6 Å². The van der Waals surface area contributed by atoms with Crippen molar-refractivity contribution in [2.24, 2.45) is 0 Å². The highest BCUT2D eigenvalue weighted by atomic mass is 19.1. The lowest BCUT2D eigenvalue weighted by Gasteiger charge is -2.11. The third-order valence-electron chi connectivity index (χ3n) is 2.72. The van der Waals surface area contributed by atoms with Gasteiger partial charge in [-0.05, 0) is 18.2 Å². The summed E-state index contributed by atoms with van der Waals surface area (Å²) in [7, 11) is 3.57. The van der Waals surface area contributed by atoms with E-state index < -0.39 is 23.1 Å². The molecule has 1 aromatic heterocycles. The molecule has 5 nitrogen and oxygen atoms in total. The number of nitrogens with one attached hydrogen (secondary N) is 1. The minimum atomic E-state index is -0.899. The van der Waals surface area contributed by atoms with E-state index in [-0.39, 0.29) is 6.54 Å². The molecule has 0 saturated heterocycles. The van der Waals surface area contributed by atoms with Crippen LogP contribution in [0.3, 0.4) is 0 Å². The predicted octanol–water partition coefficient (Wildman–Crippen LogP) is 1.75. The van der Waals surface area contributed by atoms with E-state index in [9.17, 15) is 13.6 Å². The highest BCUT2D eigenvalue weighted by Crippen LogP contribution is 2.12. The Balaban J connectivity index is 2.09. The van der Waals surface area contributed by atoms with Crippen molar-refractivity contribution in [1.29, 1.82) is 0 Å². The summed E-state index contributed by atoms with van der Waals surface area (Å²) in [5.74, 6) is -2.14. The molecule has 0 atom stereocenters. The van der Waals surface area contributed by atoms with Crippen molar-refractivity contribution in [3.8, 4) is 0 Å². The standard InChI is InChI=1S/C14H14F2N4O/c1-20(2)14-17-7-6-9(19-14)8-18-13(21)12-10(15)4-3-5-11(12)16/h3-7H,8H2,1-2H3,(H,18,21). The molecule has 0 aliphatic heterocycles. The number of anilines is 1. The number of aromatic nitrogens is 2. The molecule has 0 radical (unpaired) electrons. The van der Waals surface area contributed by atoms with Gasteiger partial charge in [0.1, 0.15) is 17.2 Å². The van der Waals surface area contributed by atoms with Crippen molar-refractivity contribution in [2.75, 3.05) is 19.0 Å². The summed E-state index contributed by atoms with van der Waals surface area (Å²) in [5.41, 5.74) is -0.0572. The Bertz CT molecular complexity index is 641. The summed E-state index contributed by atoms with van der Waals surface area (Å²) in [4.78, 5) is 21.8. The van der Waals surface area contributed by atoms with Gasteiger partial charge < -0.3 is 10.2 Å². The molecule has 0 saturated carbocycles. The predicted molar refractivity (Wildman–Crippen MR) is 73.9 cm³/mol. The molecule has 2 rings (SSSR count). The van der Waals surface area contributed by atoms with Gasteiger partial charge in [0.25, 0.3) is 5.91 Å². The summed E-state index contributed by atoms with van der Waals surface area (Å²) in [6.45, 7) is 0.0516. The average molecular weight is 292 g/mol. The van der Waals surface area contributed by atoms with Crippen LogP contribution in [0.15, 0.2) is 30.5 Å². The van der Waals surface area contributed by atoms with Gasteiger partial charge in [0, 0.05) is 20.3 Å². The van der Waals surface area contributed by atoms with Crippen molar-refractivity contribution in [3.63, 3.8) is 0 Å². The second-order valence-corrected chi connectivity index (χ2v) is 4.52. The molecular weight excluding hydrogens is 278 g/mol. The van der Waals surface area contributed by atoms with Crippen molar-refractivity contribution in [1.82, 2.24) is 15.3 Å². The van der Waals surface area contributed by atoms with Gasteiger partial charge in [-0.3, -0.25) is 4.79 Å². The van der Waals surface area contributed by atoms with Gasteiger partial charge in [-0.1, -0.05) is 6.07 Å². The normalized spacial score (nSPS) is 10.3. The molecule has 21 heavy (non-hydrogen) atoms. The quantitative estimate of drug-likeness (QED) is 0.932. The monoisotopic (exact) mass is 292 g/mol. The highest BCUT2D eigenvalue weighted by molar-refractivity contribution is 5.94. The van der Waals surface area contributed by atoms with Crippen molar-refractivity contribution >= 4 is 11.9 Å². The lowest BCUT2D eigenvalue weighted by molar-refractivity contribution is 0.0942. The number of halogens is 2. The fraction of sp³-hybridized carbons (Fsp3) is 0.214. The number of amides is 1. The number of nitrogens with zero attached hydrogens (tertiary/aromatic N) is 3. The molecule has 0 fully saturated rings. The molecule has 110 valence electrons. The molecule has 1 aromatic carbocycles. The molecule has 0 bridgehead atoms. The average Bonchev–Trinajstić information content (AvgIpc) is 2.45. The number of hydrogen-bond acceptors (Lipinski definition) is 4. The SMILES string of the molecule is CN(C)c1nccc(CNC(=O)c2c(F)cccc2F)n1. The summed E-state index contributed by atoms with van der Waals surface area (Å²) < 4.78 is 26.9. The third kappa shape index (κ3) is 3.50. The molecule has 2 aromatic rings. The topological polar surface area (TPSA) is 58.1 Å². The Hall–Kier alpha value is -2.57. The first-order valence-electron chi connectivity index (χ1n) is 6.20. The van der Waals surface area contributed by atoms with E-state index in [1.165, 1.54) is 6.07 Å². The Kier molecular flexibility index (Phi) is 4.42. The second-order valence-electron chi connectivity index (χ2n) is 4.52. The fourth-order valence-corrected chi connectivity index (χ4v) is 1.67. The zero-order valence-electron chi connectivity index (χ0n) is 11.6. The van der Waals surface area contributed by atoms with Crippen LogP contribution in [-0.2, 0) is 6.54 Å². The molecule has 1 heterocycles. The molecule has 1 N–H and O–H groups in total. The maximum atomic E-state index is 13.5. The van der Waals surface area contributed by atoms with Crippen LogP contribution in [-0.4, -0.2) is 30.0 Å². The zero-order valence-corrected chi connectivity index (χ0v) is 11.6. The second kappa shape index (κ2) is 6.25. The molecule has 0 spiro atoms. The molecular formula is C14H14F2N4O. The minimum Gasteiger partial charge on any atom is -0.347 e. The number of hydrogen-bond donors (Lipinski definition) is 1. The third-order valence-corrected chi connectivity index (χ3v) is 2.72. The van der Waals surface area contributed by atoms with Crippen LogP contribution in [0.2, 0.25) is 0 Å². The van der Waals surface area contributed by atoms with Crippen LogP contribution in [0.4, 0.5) is 14.7 Å². The largest absolute Gasteiger partial charge is 0.347 e. The van der Waals surface area contributed by atoms with Gasteiger partial charge >= 0.3 is 0 Å². The Morgan fingerprint density at radius 3 is 2.52 bits per heavy atom. The van der Waals surface area contributed by atoms with Gasteiger partial charge in [0.15, 0.2) is 0 Å². The maximum Gasteiger partial charge on any atom is 0.257 e. The Morgan fingerprint density at radius 1 is 1.24 bits per heavy atom. The molecule has 0 aliphatic rings. The lowest BCUT2D eigenvalue weighted by Crippen LogP contribution is -2.26. The van der Waals surface area contributed by atoms with Crippen LogP contribution < -0.4 is 10.2 Å². The number of rotatable bonds is 4. The molecule has 0 unspecified atom stereocenters. The van der Waals surface area contributed by atoms with Crippen molar-refractivity contribution in [3.05, 3.63) is 53.4 Å². The van der Waals surface area contributed by atoms with Gasteiger partial charge in [-0.25, -0.2) is 18.7 Å². The van der Waals surface area contributed by atoms with Gasteiger partial charge in [0.2, 0.25) is 5.95 Å². The first kappa shape index (κ1) is 14.8. The van der Waals surface area contributed by atoms with E-state index in [2.05, 4.69) is 15.3 Å². The summed E-state index contributed by atoms with van der Waals surface area (Å²) in [6.07, 6.45) is 1.55. The summed E-state index contributed by atoms with van der Waals surface area (Å²) >= 11 is 0. The number of carbonyl (C=O) groups is 1. The molecule has 7 heteroatoms. The van der Waals surface area contributed by atoms with Crippen molar-refractivity contribution < 1.29 is 13.6 Å². The first-order valence-corrected chi connectivity index (χ1v) is 6.20. The summed E-state index contributed by atoms with van der Waals surface area (Å²) in [6, 6.07) is 4.89. The minimum absolute atomic E-state index is 0.0516. The smallest absolute Gasteiger partial charge is 0.257 e. The molecule has 1 amide bonds. The van der Waals surface area contributed by atoms with Crippen LogP contribution >= 0.6 is 0 Å².